The summed E-state index contributed by atoms with van der Waals surface area (Å²) in [6.07, 6.45) is 1.62. The second kappa shape index (κ2) is 6.36. The molecule has 0 spiro atoms. The number of aromatic nitrogens is 4. The summed E-state index contributed by atoms with van der Waals surface area (Å²) in [5.74, 6) is 0.287. The number of amides is 1. The lowest BCUT2D eigenvalue weighted by Gasteiger charge is -2.12. The standard InChI is InChI=1S/C12H17N5OS2/c1-7(11-8(2)20-9(3)15-11)14-10(18)5-19-12-16-13-6-17(12)4/h6-7H,5H2,1-4H3,(H,14,18)/t7-/m1/s1. The number of aryl methyl sites for hydroxylation is 3. The number of hydrogen-bond donors (Lipinski definition) is 1. The molecule has 2 rings (SSSR count). The Labute approximate surface area is 126 Å². The van der Waals surface area contributed by atoms with E-state index in [0.717, 1.165) is 20.7 Å². The van der Waals surface area contributed by atoms with Gasteiger partial charge in [-0.05, 0) is 20.8 Å². The average Bonchev–Trinajstić information content (AvgIpc) is 2.92. The Hall–Kier alpha value is -1.41. The van der Waals surface area contributed by atoms with Crippen molar-refractivity contribution in [3.63, 3.8) is 0 Å². The predicted molar refractivity (Wildman–Crippen MR) is 79.9 cm³/mol. The molecule has 1 atom stereocenters. The van der Waals surface area contributed by atoms with Gasteiger partial charge in [0.25, 0.3) is 0 Å². The highest BCUT2D eigenvalue weighted by molar-refractivity contribution is 7.99. The topological polar surface area (TPSA) is 72.7 Å². The van der Waals surface area contributed by atoms with Crippen molar-refractivity contribution in [3.8, 4) is 0 Å². The first kappa shape index (κ1) is 15.0. The van der Waals surface area contributed by atoms with Gasteiger partial charge in [-0.15, -0.1) is 21.5 Å². The van der Waals surface area contributed by atoms with E-state index in [1.54, 1.807) is 22.2 Å². The summed E-state index contributed by atoms with van der Waals surface area (Å²) >= 11 is 3.02. The molecule has 0 saturated heterocycles. The van der Waals surface area contributed by atoms with Gasteiger partial charge in [0.2, 0.25) is 5.91 Å². The molecule has 0 bridgehead atoms. The highest BCUT2D eigenvalue weighted by Gasteiger charge is 2.16. The molecule has 2 heterocycles. The Morgan fingerprint density at radius 3 is 2.85 bits per heavy atom. The van der Waals surface area contributed by atoms with Gasteiger partial charge in [0.15, 0.2) is 5.16 Å². The first-order valence-corrected chi connectivity index (χ1v) is 7.97. The van der Waals surface area contributed by atoms with Crippen LogP contribution in [0.3, 0.4) is 0 Å². The lowest BCUT2D eigenvalue weighted by atomic mass is 10.2. The number of thioether (sulfide) groups is 1. The number of rotatable bonds is 5. The van der Waals surface area contributed by atoms with Gasteiger partial charge in [-0.3, -0.25) is 4.79 Å². The molecule has 108 valence electrons. The van der Waals surface area contributed by atoms with Crippen molar-refractivity contribution in [2.24, 2.45) is 7.05 Å². The maximum Gasteiger partial charge on any atom is 0.231 e. The zero-order valence-electron chi connectivity index (χ0n) is 11.9. The Morgan fingerprint density at radius 2 is 2.30 bits per heavy atom. The number of nitrogens with zero attached hydrogens (tertiary/aromatic N) is 4. The Kier molecular flexibility index (Phi) is 4.77. The molecule has 20 heavy (non-hydrogen) atoms. The summed E-state index contributed by atoms with van der Waals surface area (Å²) in [4.78, 5) is 17.5. The van der Waals surface area contributed by atoms with Gasteiger partial charge in [0, 0.05) is 11.9 Å². The van der Waals surface area contributed by atoms with Gasteiger partial charge in [-0.25, -0.2) is 4.98 Å². The number of carbonyl (C=O) groups is 1. The van der Waals surface area contributed by atoms with Gasteiger partial charge in [0.05, 0.1) is 22.5 Å². The van der Waals surface area contributed by atoms with E-state index in [-0.39, 0.29) is 11.9 Å². The molecule has 0 aliphatic heterocycles. The summed E-state index contributed by atoms with van der Waals surface area (Å²) in [6, 6.07) is -0.0763. The lowest BCUT2D eigenvalue weighted by Crippen LogP contribution is -2.28. The van der Waals surface area contributed by atoms with Crippen LogP contribution < -0.4 is 5.32 Å². The van der Waals surface area contributed by atoms with Crippen LogP contribution in [0.15, 0.2) is 11.5 Å². The summed E-state index contributed by atoms with van der Waals surface area (Å²) in [5, 5.41) is 12.4. The van der Waals surface area contributed by atoms with Gasteiger partial charge < -0.3 is 9.88 Å². The van der Waals surface area contributed by atoms with Crippen molar-refractivity contribution < 1.29 is 4.79 Å². The monoisotopic (exact) mass is 311 g/mol. The molecular formula is C12H17N5OS2. The largest absolute Gasteiger partial charge is 0.347 e. The predicted octanol–water partition coefficient (Wildman–Crippen LogP) is 1.86. The Bertz CT molecular complexity index is 607. The van der Waals surface area contributed by atoms with Crippen LogP contribution in [0.1, 0.15) is 28.5 Å². The van der Waals surface area contributed by atoms with Crippen molar-refractivity contribution in [2.75, 3.05) is 5.75 Å². The van der Waals surface area contributed by atoms with Crippen LogP contribution in [0.4, 0.5) is 0 Å². The molecule has 0 unspecified atom stereocenters. The molecular weight excluding hydrogens is 294 g/mol. The minimum atomic E-state index is -0.0763. The van der Waals surface area contributed by atoms with Crippen molar-refractivity contribution in [1.82, 2.24) is 25.1 Å². The highest BCUT2D eigenvalue weighted by Crippen LogP contribution is 2.22. The third kappa shape index (κ3) is 3.57. The lowest BCUT2D eigenvalue weighted by molar-refractivity contribution is -0.119. The first-order chi connectivity index (χ1) is 9.47. The van der Waals surface area contributed by atoms with E-state index < -0.39 is 0 Å². The van der Waals surface area contributed by atoms with E-state index in [2.05, 4.69) is 20.5 Å². The van der Waals surface area contributed by atoms with Crippen molar-refractivity contribution >= 4 is 29.0 Å². The molecule has 0 radical (unpaired) electrons. The first-order valence-electron chi connectivity index (χ1n) is 6.17. The van der Waals surface area contributed by atoms with Gasteiger partial charge in [0.1, 0.15) is 6.33 Å². The van der Waals surface area contributed by atoms with Crippen LogP contribution in [-0.2, 0) is 11.8 Å². The van der Waals surface area contributed by atoms with E-state index in [1.807, 2.05) is 27.8 Å². The van der Waals surface area contributed by atoms with E-state index >= 15 is 0 Å². The zero-order valence-corrected chi connectivity index (χ0v) is 13.5. The van der Waals surface area contributed by atoms with E-state index in [4.69, 9.17) is 0 Å². The SMILES string of the molecule is Cc1nc([C@@H](C)NC(=O)CSc2nncn2C)c(C)s1. The van der Waals surface area contributed by atoms with Gasteiger partial charge >= 0.3 is 0 Å². The minimum absolute atomic E-state index is 0.0319. The van der Waals surface area contributed by atoms with E-state index in [9.17, 15) is 4.79 Å². The van der Waals surface area contributed by atoms with Crippen LogP contribution in [-0.4, -0.2) is 31.4 Å². The highest BCUT2D eigenvalue weighted by atomic mass is 32.2. The molecule has 1 N–H and O–H groups in total. The molecule has 6 nitrogen and oxygen atoms in total. The fourth-order valence-corrected chi connectivity index (χ4v) is 3.44. The van der Waals surface area contributed by atoms with Crippen LogP contribution in [0, 0.1) is 13.8 Å². The Balaban J connectivity index is 1.88. The van der Waals surface area contributed by atoms with Crippen molar-refractivity contribution in [2.45, 2.75) is 32.0 Å². The third-order valence-electron chi connectivity index (χ3n) is 2.73. The van der Waals surface area contributed by atoms with Gasteiger partial charge in [-0.2, -0.15) is 0 Å². The molecule has 2 aromatic heterocycles. The number of thiazole rings is 1. The zero-order chi connectivity index (χ0) is 14.7. The molecule has 0 fully saturated rings. The second-order valence-electron chi connectivity index (χ2n) is 4.48. The van der Waals surface area contributed by atoms with E-state index in [1.165, 1.54) is 11.8 Å². The second-order valence-corrected chi connectivity index (χ2v) is 6.83. The molecule has 0 aliphatic carbocycles. The molecule has 1 amide bonds. The number of carbonyl (C=O) groups excluding carboxylic acids is 1. The van der Waals surface area contributed by atoms with Crippen LogP contribution in [0.5, 0.6) is 0 Å². The minimum Gasteiger partial charge on any atom is -0.347 e. The molecule has 0 saturated carbocycles. The van der Waals surface area contributed by atoms with Crippen molar-refractivity contribution in [1.29, 1.82) is 0 Å². The maximum absolute atomic E-state index is 11.9. The van der Waals surface area contributed by atoms with Crippen LogP contribution in [0.2, 0.25) is 0 Å². The quantitative estimate of drug-likeness (QED) is 0.853. The summed E-state index contributed by atoms with van der Waals surface area (Å²) < 4.78 is 1.79. The average molecular weight is 311 g/mol. The van der Waals surface area contributed by atoms with Crippen LogP contribution in [0.25, 0.3) is 0 Å². The summed E-state index contributed by atoms with van der Waals surface area (Å²) in [5.41, 5.74) is 0.949. The fourth-order valence-electron chi connectivity index (χ4n) is 1.83. The van der Waals surface area contributed by atoms with Crippen LogP contribution >= 0.6 is 23.1 Å². The fraction of sp³-hybridized carbons (Fsp3) is 0.500. The number of hydrogen-bond acceptors (Lipinski definition) is 6. The summed E-state index contributed by atoms with van der Waals surface area (Å²) in [6.45, 7) is 5.95. The van der Waals surface area contributed by atoms with Crippen molar-refractivity contribution in [3.05, 3.63) is 21.9 Å². The molecule has 2 aromatic rings. The maximum atomic E-state index is 11.9. The third-order valence-corrected chi connectivity index (χ3v) is 4.67. The van der Waals surface area contributed by atoms with Gasteiger partial charge in [-0.1, -0.05) is 11.8 Å². The Morgan fingerprint density at radius 1 is 1.55 bits per heavy atom. The van der Waals surface area contributed by atoms with E-state index in [0.29, 0.717) is 5.75 Å². The molecule has 8 heteroatoms. The normalized spacial score (nSPS) is 12.4. The number of nitrogens with one attached hydrogen (secondary N) is 1. The smallest absolute Gasteiger partial charge is 0.231 e. The summed E-state index contributed by atoms with van der Waals surface area (Å²) in [7, 11) is 1.85. The molecule has 0 aliphatic rings. The molecule has 0 aromatic carbocycles.